The van der Waals surface area contributed by atoms with E-state index in [2.05, 4.69) is 4.98 Å². The minimum absolute atomic E-state index is 0.0233. The quantitative estimate of drug-likeness (QED) is 0.587. The third-order valence-corrected chi connectivity index (χ3v) is 4.22. The number of methoxy groups -OCH3 is 1. The molecule has 0 N–H and O–H groups in total. The van der Waals surface area contributed by atoms with Crippen molar-refractivity contribution in [1.82, 2.24) is 9.55 Å². The zero-order valence-corrected chi connectivity index (χ0v) is 14.6. The highest BCUT2D eigenvalue weighted by atomic mass is 35.5. The molecule has 0 saturated carbocycles. The van der Waals surface area contributed by atoms with Crippen molar-refractivity contribution in [3.8, 4) is 22.7 Å². The lowest BCUT2D eigenvalue weighted by Gasteiger charge is -2.13. The smallest absolute Gasteiger partial charge is 0.155 e. The molecule has 0 aliphatic rings. The molecule has 0 radical (unpaired) electrons. The molecule has 1 aromatic heterocycles. The Bertz CT molecular complexity index is 950. The molecule has 0 atom stereocenters. The Labute approximate surface area is 151 Å². The highest BCUT2D eigenvalue weighted by molar-refractivity contribution is 6.32. The minimum Gasteiger partial charge on any atom is -0.497 e. The van der Waals surface area contributed by atoms with E-state index in [0.717, 1.165) is 18.2 Å². The Balaban J connectivity index is 2.30. The number of aromatic nitrogens is 2. The number of nitrogens with zero attached hydrogens (tertiary/aromatic N) is 2. The van der Waals surface area contributed by atoms with Gasteiger partial charge in [0, 0.05) is 12.1 Å². The number of hydrogen-bond acceptors (Lipinski definition) is 2. The minimum atomic E-state index is -0.880. The molecule has 8 heteroatoms. The molecule has 3 nitrogen and oxygen atoms in total. The molecule has 1 heterocycles. The van der Waals surface area contributed by atoms with Gasteiger partial charge < -0.3 is 4.74 Å². The molecule has 25 heavy (non-hydrogen) atoms. The lowest BCUT2D eigenvalue weighted by Crippen LogP contribution is -2.03. The van der Waals surface area contributed by atoms with Gasteiger partial charge in [0.1, 0.15) is 29.0 Å². The standard InChI is InChI=1S/C17H11Cl2F3N2O/c1-8-23-17(19)16(15-13(21)6-10(25-2)7-14(15)22)24(8)9-3-4-11(18)12(20)5-9/h3-7H,1-2H3. The van der Waals surface area contributed by atoms with Crippen molar-refractivity contribution in [3.63, 3.8) is 0 Å². The summed E-state index contributed by atoms with van der Waals surface area (Å²) in [5.41, 5.74) is -0.135. The van der Waals surface area contributed by atoms with Gasteiger partial charge in [-0.2, -0.15) is 0 Å². The van der Waals surface area contributed by atoms with Crippen LogP contribution >= 0.6 is 23.2 Å². The average molecular weight is 387 g/mol. The highest BCUT2D eigenvalue weighted by Crippen LogP contribution is 2.37. The summed E-state index contributed by atoms with van der Waals surface area (Å²) >= 11 is 11.8. The maximum atomic E-state index is 14.5. The fourth-order valence-corrected chi connectivity index (χ4v) is 2.97. The van der Waals surface area contributed by atoms with Crippen LogP contribution in [0.1, 0.15) is 5.82 Å². The van der Waals surface area contributed by atoms with Gasteiger partial charge in [0.25, 0.3) is 0 Å². The molecule has 0 amide bonds. The largest absolute Gasteiger partial charge is 0.497 e. The Morgan fingerprint density at radius 1 is 1.00 bits per heavy atom. The van der Waals surface area contributed by atoms with Crippen LogP contribution in [0.4, 0.5) is 13.2 Å². The first-order chi connectivity index (χ1) is 11.8. The first-order valence-corrected chi connectivity index (χ1v) is 7.82. The second-order valence-corrected chi connectivity index (χ2v) is 5.96. The normalized spacial score (nSPS) is 11.0. The van der Waals surface area contributed by atoms with Crippen molar-refractivity contribution in [2.75, 3.05) is 7.11 Å². The van der Waals surface area contributed by atoms with Crippen LogP contribution in [0.15, 0.2) is 30.3 Å². The van der Waals surface area contributed by atoms with E-state index in [-0.39, 0.29) is 32.9 Å². The molecule has 0 saturated heterocycles. The van der Waals surface area contributed by atoms with Crippen LogP contribution in [0.5, 0.6) is 5.75 Å². The fraction of sp³-hybridized carbons (Fsp3) is 0.118. The number of halogens is 5. The van der Waals surface area contributed by atoms with Crippen molar-refractivity contribution in [1.29, 1.82) is 0 Å². The van der Waals surface area contributed by atoms with E-state index >= 15 is 0 Å². The van der Waals surface area contributed by atoms with Gasteiger partial charge in [-0.25, -0.2) is 18.2 Å². The zero-order valence-electron chi connectivity index (χ0n) is 13.1. The predicted octanol–water partition coefficient (Wildman–Crippen LogP) is 5.58. The second-order valence-electron chi connectivity index (χ2n) is 5.20. The summed E-state index contributed by atoms with van der Waals surface area (Å²) in [5.74, 6) is -2.08. The molecular formula is C17H11Cl2F3N2O. The van der Waals surface area contributed by atoms with Crippen LogP contribution in [0.2, 0.25) is 10.2 Å². The van der Waals surface area contributed by atoms with Gasteiger partial charge in [0.05, 0.1) is 29.1 Å². The zero-order chi connectivity index (χ0) is 18.3. The maximum absolute atomic E-state index is 14.5. The number of hydrogen-bond donors (Lipinski definition) is 0. The molecule has 0 aliphatic heterocycles. The van der Waals surface area contributed by atoms with Gasteiger partial charge in [0.15, 0.2) is 5.15 Å². The van der Waals surface area contributed by atoms with E-state index < -0.39 is 17.5 Å². The van der Waals surface area contributed by atoms with Crippen molar-refractivity contribution in [3.05, 3.63) is 63.8 Å². The average Bonchev–Trinajstić information content (AvgIpc) is 2.84. The molecule has 0 bridgehead atoms. The van der Waals surface area contributed by atoms with Gasteiger partial charge in [-0.1, -0.05) is 23.2 Å². The van der Waals surface area contributed by atoms with Crippen LogP contribution < -0.4 is 4.74 Å². The first kappa shape index (κ1) is 17.6. The Kier molecular flexibility index (Phi) is 4.67. The summed E-state index contributed by atoms with van der Waals surface area (Å²) in [6.07, 6.45) is 0. The summed E-state index contributed by atoms with van der Waals surface area (Å²) < 4.78 is 49.0. The van der Waals surface area contributed by atoms with E-state index in [4.69, 9.17) is 27.9 Å². The third-order valence-electron chi connectivity index (χ3n) is 3.65. The van der Waals surface area contributed by atoms with Crippen LogP contribution in [-0.4, -0.2) is 16.7 Å². The highest BCUT2D eigenvalue weighted by Gasteiger charge is 2.24. The predicted molar refractivity (Wildman–Crippen MR) is 90.2 cm³/mol. The van der Waals surface area contributed by atoms with Crippen LogP contribution in [0, 0.1) is 24.4 Å². The lowest BCUT2D eigenvalue weighted by molar-refractivity contribution is 0.407. The molecule has 0 fully saturated rings. The van der Waals surface area contributed by atoms with E-state index in [0.29, 0.717) is 5.82 Å². The Hall–Kier alpha value is -2.18. The topological polar surface area (TPSA) is 27.1 Å². The summed E-state index contributed by atoms with van der Waals surface area (Å²) in [6.45, 7) is 1.58. The summed E-state index contributed by atoms with van der Waals surface area (Å²) in [5, 5.41) is -0.188. The second kappa shape index (κ2) is 6.61. The van der Waals surface area contributed by atoms with Gasteiger partial charge in [-0.3, -0.25) is 4.57 Å². The molecular weight excluding hydrogens is 376 g/mol. The molecule has 2 aromatic carbocycles. The van der Waals surface area contributed by atoms with E-state index in [1.54, 1.807) is 6.92 Å². The maximum Gasteiger partial charge on any atom is 0.155 e. The molecule has 3 rings (SSSR count). The molecule has 3 aromatic rings. The van der Waals surface area contributed by atoms with Crippen LogP contribution in [-0.2, 0) is 0 Å². The molecule has 0 spiro atoms. The summed E-state index contributed by atoms with van der Waals surface area (Å²) in [4.78, 5) is 4.05. The Morgan fingerprint density at radius 3 is 2.20 bits per heavy atom. The number of aryl methyl sites for hydroxylation is 1. The van der Waals surface area contributed by atoms with Crippen molar-refractivity contribution < 1.29 is 17.9 Å². The monoisotopic (exact) mass is 386 g/mol. The fourth-order valence-electron chi connectivity index (χ4n) is 2.55. The number of ether oxygens (including phenoxy) is 1. The summed E-state index contributed by atoms with van der Waals surface area (Å²) in [7, 11) is 1.30. The molecule has 0 unspecified atom stereocenters. The lowest BCUT2D eigenvalue weighted by atomic mass is 10.1. The van der Waals surface area contributed by atoms with Gasteiger partial charge in [-0.05, 0) is 25.1 Å². The third kappa shape index (κ3) is 3.07. The molecule has 130 valence electrons. The van der Waals surface area contributed by atoms with Crippen LogP contribution in [0.25, 0.3) is 16.9 Å². The number of benzene rings is 2. The van der Waals surface area contributed by atoms with Gasteiger partial charge in [0.2, 0.25) is 0 Å². The van der Waals surface area contributed by atoms with Gasteiger partial charge in [-0.15, -0.1) is 0 Å². The SMILES string of the molecule is COc1cc(F)c(-c2c(Cl)nc(C)n2-c2ccc(Cl)c(F)c2)c(F)c1. The first-order valence-electron chi connectivity index (χ1n) is 7.07. The van der Waals surface area contributed by atoms with Crippen molar-refractivity contribution in [2.45, 2.75) is 6.92 Å². The van der Waals surface area contributed by atoms with Crippen LogP contribution in [0.3, 0.4) is 0 Å². The number of imidazole rings is 1. The van der Waals surface area contributed by atoms with Crippen molar-refractivity contribution >= 4 is 23.2 Å². The van der Waals surface area contributed by atoms with Gasteiger partial charge >= 0.3 is 0 Å². The van der Waals surface area contributed by atoms with E-state index in [1.807, 2.05) is 0 Å². The Morgan fingerprint density at radius 2 is 1.64 bits per heavy atom. The van der Waals surface area contributed by atoms with E-state index in [1.165, 1.54) is 23.8 Å². The summed E-state index contributed by atoms with van der Waals surface area (Å²) in [6, 6.07) is 6.03. The van der Waals surface area contributed by atoms with E-state index in [9.17, 15) is 13.2 Å². The molecule has 0 aliphatic carbocycles. The number of rotatable bonds is 3. The van der Waals surface area contributed by atoms with Crippen molar-refractivity contribution in [2.24, 2.45) is 0 Å².